The SMILES string of the molecule is O=S(=O)(c1cc(Cl)ccc1Cl)N1CCN(c2cnccn2)CC1. The quantitative estimate of drug-likeness (QED) is 0.826. The maximum atomic E-state index is 12.7. The number of aromatic nitrogens is 2. The Labute approximate surface area is 144 Å². The van der Waals surface area contributed by atoms with E-state index in [9.17, 15) is 8.42 Å². The van der Waals surface area contributed by atoms with Gasteiger partial charge in [0.15, 0.2) is 0 Å². The second-order valence-corrected chi connectivity index (χ2v) is 7.78. The molecule has 0 saturated carbocycles. The van der Waals surface area contributed by atoms with Gasteiger partial charge in [-0.2, -0.15) is 4.31 Å². The molecule has 122 valence electrons. The van der Waals surface area contributed by atoms with Gasteiger partial charge >= 0.3 is 0 Å². The summed E-state index contributed by atoms with van der Waals surface area (Å²) in [5, 5.41) is 0.511. The maximum Gasteiger partial charge on any atom is 0.244 e. The molecule has 0 unspecified atom stereocenters. The summed E-state index contributed by atoms with van der Waals surface area (Å²) in [7, 11) is -3.67. The molecule has 0 atom stereocenters. The van der Waals surface area contributed by atoms with Gasteiger partial charge in [-0.3, -0.25) is 4.98 Å². The molecule has 0 radical (unpaired) electrons. The molecule has 0 N–H and O–H groups in total. The van der Waals surface area contributed by atoms with Crippen LogP contribution in [0.2, 0.25) is 10.0 Å². The van der Waals surface area contributed by atoms with E-state index in [1.165, 1.54) is 16.4 Å². The first-order valence-electron chi connectivity index (χ1n) is 6.94. The summed E-state index contributed by atoms with van der Waals surface area (Å²) in [6, 6.07) is 4.44. The van der Waals surface area contributed by atoms with Gasteiger partial charge in [0.1, 0.15) is 10.7 Å². The van der Waals surface area contributed by atoms with Gasteiger partial charge in [0.05, 0.1) is 11.2 Å². The molecule has 1 aliphatic rings. The number of piperazine rings is 1. The fourth-order valence-corrected chi connectivity index (χ4v) is 4.59. The third-order valence-electron chi connectivity index (χ3n) is 3.62. The van der Waals surface area contributed by atoms with Gasteiger partial charge < -0.3 is 4.90 Å². The molecule has 2 heterocycles. The van der Waals surface area contributed by atoms with Crippen molar-refractivity contribution in [3.8, 4) is 0 Å². The lowest BCUT2D eigenvalue weighted by Crippen LogP contribution is -2.49. The van der Waals surface area contributed by atoms with Gasteiger partial charge in [0.2, 0.25) is 10.0 Å². The number of rotatable bonds is 3. The second kappa shape index (κ2) is 6.60. The van der Waals surface area contributed by atoms with Crippen LogP contribution in [0, 0.1) is 0 Å². The van der Waals surface area contributed by atoms with Crippen LogP contribution in [0.15, 0.2) is 41.7 Å². The summed E-state index contributed by atoms with van der Waals surface area (Å²) >= 11 is 11.9. The second-order valence-electron chi connectivity index (χ2n) is 5.03. The Morgan fingerprint density at radius 2 is 1.78 bits per heavy atom. The third kappa shape index (κ3) is 3.42. The molecule has 1 fully saturated rings. The fourth-order valence-electron chi connectivity index (χ4n) is 2.43. The Morgan fingerprint density at radius 3 is 2.43 bits per heavy atom. The van der Waals surface area contributed by atoms with Crippen molar-refractivity contribution in [3.63, 3.8) is 0 Å². The third-order valence-corrected chi connectivity index (χ3v) is 6.24. The number of nitrogens with zero attached hydrogens (tertiary/aromatic N) is 4. The van der Waals surface area contributed by atoms with Gasteiger partial charge in [-0.1, -0.05) is 23.2 Å². The fraction of sp³-hybridized carbons (Fsp3) is 0.286. The van der Waals surface area contributed by atoms with E-state index in [0.717, 1.165) is 5.82 Å². The van der Waals surface area contributed by atoms with Crippen molar-refractivity contribution in [2.75, 3.05) is 31.1 Å². The standard InChI is InChI=1S/C14H14Cl2N4O2S/c15-11-1-2-12(16)13(9-11)23(21,22)20-7-5-19(6-8-20)14-10-17-3-4-18-14/h1-4,9-10H,5-8H2. The van der Waals surface area contributed by atoms with E-state index in [4.69, 9.17) is 23.2 Å². The average molecular weight is 373 g/mol. The molecule has 0 spiro atoms. The van der Waals surface area contributed by atoms with Crippen LogP contribution >= 0.6 is 23.2 Å². The maximum absolute atomic E-state index is 12.7. The summed E-state index contributed by atoms with van der Waals surface area (Å²) in [4.78, 5) is 10.3. The Balaban J connectivity index is 1.78. The number of benzene rings is 1. The van der Waals surface area contributed by atoms with E-state index in [-0.39, 0.29) is 9.92 Å². The van der Waals surface area contributed by atoms with Crippen LogP contribution < -0.4 is 4.90 Å². The molecule has 0 bridgehead atoms. The van der Waals surface area contributed by atoms with Crippen LogP contribution in [0.3, 0.4) is 0 Å². The molecule has 0 aliphatic carbocycles. The highest BCUT2D eigenvalue weighted by Crippen LogP contribution is 2.28. The molecule has 1 aromatic carbocycles. The van der Waals surface area contributed by atoms with Crippen LogP contribution in [0.1, 0.15) is 0 Å². The minimum Gasteiger partial charge on any atom is -0.353 e. The van der Waals surface area contributed by atoms with Crippen molar-refractivity contribution in [1.29, 1.82) is 0 Å². The average Bonchev–Trinajstić information content (AvgIpc) is 2.58. The van der Waals surface area contributed by atoms with E-state index in [1.807, 2.05) is 4.90 Å². The molecule has 9 heteroatoms. The molecule has 3 rings (SSSR count). The molecular weight excluding hydrogens is 359 g/mol. The number of sulfonamides is 1. The largest absolute Gasteiger partial charge is 0.353 e. The molecule has 1 saturated heterocycles. The topological polar surface area (TPSA) is 66.4 Å². The minimum absolute atomic E-state index is 0.0413. The van der Waals surface area contributed by atoms with E-state index in [0.29, 0.717) is 31.2 Å². The Morgan fingerprint density at radius 1 is 1.04 bits per heavy atom. The first-order valence-corrected chi connectivity index (χ1v) is 9.14. The summed E-state index contributed by atoms with van der Waals surface area (Å²) in [6.45, 7) is 1.77. The van der Waals surface area contributed by atoms with E-state index in [1.54, 1.807) is 24.7 Å². The van der Waals surface area contributed by atoms with E-state index < -0.39 is 10.0 Å². The van der Waals surface area contributed by atoms with E-state index in [2.05, 4.69) is 9.97 Å². The van der Waals surface area contributed by atoms with Crippen molar-refractivity contribution in [3.05, 3.63) is 46.8 Å². The molecule has 0 amide bonds. The van der Waals surface area contributed by atoms with Crippen LogP contribution in [0.4, 0.5) is 5.82 Å². The predicted molar refractivity (Wildman–Crippen MR) is 89.5 cm³/mol. The Bertz CT molecular complexity index is 794. The molecule has 6 nitrogen and oxygen atoms in total. The lowest BCUT2D eigenvalue weighted by atomic mass is 10.3. The zero-order valence-corrected chi connectivity index (χ0v) is 14.4. The first kappa shape index (κ1) is 16.4. The summed E-state index contributed by atoms with van der Waals surface area (Å²) in [6.07, 6.45) is 4.88. The van der Waals surface area contributed by atoms with E-state index >= 15 is 0 Å². The lowest BCUT2D eigenvalue weighted by Gasteiger charge is -2.34. The molecule has 23 heavy (non-hydrogen) atoms. The number of anilines is 1. The van der Waals surface area contributed by atoms with Crippen LogP contribution in [-0.4, -0.2) is 48.9 Å². The van der Waals surface area contributed by atoms with Crippen molar-refractivity contribution >= 4 is 39.0 Å². The van der Waals surface area contributed by atoms with Crippen molar-refractivity contribution in [2.24, 2.45) is 0 Å². The van der Waals surface area contributed by atoms with Crippen molar-refractivity contribution in [1.82, 2.24) is 14.3 Å². The first-order chi connectivity index (χ1) is 11.0. The Hall–Kier alpha value is -1.41. The van der Waals surface area contributed by atoms with Crippen molar-refractivity contribution in [2.45, 2.75) is 4.90 Å². The number of halogens is 2. The van der Waals surface area contributed by atoms with Gasteiger partial charge in [-0.05, 0) is 18.2 Å². The molecule has 1 aliphatic heterocycles. The monoisotopic (exact) mass is 372 g/mol. The van der Waals surface area contributed by atoms with Gasteiger partial charge in [-0.15, -0.1) is 0 Å². The molecule has 2 aromatic rings. The Kier molecular flexibility index (Phi) is 4.72. The lowest BCUT2D eigenvalue weighted by molar-refractivity contribution is 0.383. The predicted octanol–water partition coefficient (Wildman–Crippen LogP) is 2.29. The van der Waals surface area contributed by atoms with Crippen LogP contribution in [0.5, 0.6) is 0 Å². The van der Waals surface area contributed by atoms with Crippen molar-refractivity contribution < 1.29 is 8.42 Å². The number of hydrogen-bond donors (Lipinski definition) is 0. The highest BCUT2D eigenvalue weighted by Gasteiger charge is 2.30. The smallest absolute Gasteiger partial charge is 0.244 e. The summed E-state index contributed by atoms with van der Waals surface area (Å²) in [5.74, 6) is 0.741. The van der Waals surface area contributed by atoms with Gasteiger partial charge in [-0.25, -0.2) is 13.4 Å². The highest BCUT2D eigenvalue weighted by atomic mass is 35.5. The molecule has 1 aromatic heterocycles. The minimum atomic E-state index is -3.67. The molecular formula is C14H14Cl2N4O2S. The zero-order chi connectivity index (χ0) is 16.4. The zero-order valence-electron chi connectivity index (χ0n) is 12.1. The van der Waals surface area contributed by atoms with Crippen LogP contribution in [-0.2, 0) is 10.0 Å². The highest BCUT2D eigenvalue weighted by molar-refractivity contribution is 7.89. The van der Waals surface area contributed by atoms with Gasteiger partial charge in [0, 0.05) is 43.6 Å². The van der Waals surface area contributed by atoms with Crippen LogP contribution in [0.25, 0.3) is 0 Å². The summed E-state index contributed by atoms with van der Waals surface area (Å²) < 4.78 is 26.9. The van der Waals surface area contributed by atoms with Gasteiger partial charge in [0.25, 0.3) is 0 Å². The normalized spacial score (nSPS) is 16.5. The summed E-state index contributed by atoms with van der Waals surface area (Å²) in [5.41, 5.74) is 0. The number of hydrogen-bond acceptors (Lipinski definition) is 5.